The summed E-state index contributed by atoms with van der Waals surface area (Å²) in [6.45, 7) is 1.78. The molecule has 1 aromatic carbocycles. The Labute approximate surface area is 150 Å². The highest BCUT2D eigenvalue weighted by molar-refractivity contribution is 7.80. The van der Waals surface area contributed by atoms with Crippen LogP contribution in [-0.4, -0.2) is 30.1 Å². The average Bonchev–Trinajstić information content (AvgIpc) is 3.09. The summed E-state index contributed by atoms with van der Waals surface area (Å²) >= 11 is 5.31. The van der Waals surface area contributed by atoms with Crippen LogP contribution in [0.25, 0.3) is 11.3 Å². The van der Waals surface area contributed by atoms with Gasteiger partial charge in [-0.15, -0.1) is 0 Å². The van der Waals surface area contributed by atoms with Crippen molar-refractivity contribution in [3.63, 3.8) is 0 Å². The van der Waals surface area contributed by atoms with Crippen molar-refractivity contribution in [2.45, 2.75) is 13.0 Å². The topological polar surface area (TPSA) is 54.7 Å². The Morgan fingerprint density at radius 2 is 2.04 bits per heavy atom. The molecule has 25 heavy (non-hydrogen) atoms. The Kier molecular flexibility index (Phi) is 4.59. The van der Waals surface area contributed by atoms with Crippen molar-refractivity contribution in [3.05, 3.63) is 59.2 Å². The minimum Gasteiger partial charge on any atom is -0.466 e. The standard InChI is InChI=1S/C18H17FN2O3S/c1-10-15(17(22)23-3)16(20-18(25)21(10)2)14-9-8-13(24-14)11-6-4-5-7-12(11)19/h4-9,16H,1-3H3,(H,20,25). The summed E-state index contributed by atoms with van der Waals surface area (Å²) in [7, 11) is 3.08. The molecule has 1 aliphatic heterocycles. The van der Waals surface area contributed by atoms with E-state index in [2.05, 4.69) is 5.32 Å². The molecule has 0 amide bonds. The van der Waals surface area contributed by atoms with E-state index in [1.54, 1.807) is 49.2 Å². The SMILES string of the molecule is COC(=O)C1=C(C)N(C)C(=S)NC1c1ccc(-c2ccccc2F)o1. The lowest BCUT2D eigenvalue weighted by molar-refractivity contribution is -0.136. The first-order valence-electron chi connectivity index (χ1n) is 7.62. The number of benzene rings is 1. The van der Waals surface area contributed by atoms with Crippen LogP contribution >= 0.6 is 12.2 Å². The lowest BCUT2D eigenvalue weighted by atomic mass is 10.0. The van der Waals surface area contributed by atoms with E-state index in [1.165, 1.54) is 13.2 Å². The fourth-order valence-electron chi connectivity index (χ4n) is 2.74. The summed E-state index contributed by atoms with van der Waals surface area (Å²) in [6.07, 6.45) is 0. The molecule has 0 saturated carbocycles. The first kappa shape index (κ1) is 17.2. The van der Waals surface area contributed by atoms with Crippen LogP contribution in [0.1, 0.15) is 18.7 Å². The molecule has 1 unspecified atom stereocenters. The zero-order chi connectivity index (χ0) is 18.1. The molecule has 2 heterocycles. The Morgan fingerprint density at radius 1 is 1.32 bits per heavy atom. The number of methoxy groups -OCH3 is 1. The van der Waals surface area contributed by atoms with Crippen molar-refractivity contribution < 1.29 is 18.3 Å². The first-order chi connectivity index (χ1) is 11.9. The van der Waals surface area contributed by atoms with Crippen LogP contribution in [0.15, 0.2) is 52.1 Å². The van der Waals surface area contributed by atoms with Gasteiger partial charge in [-0.2, -0.15) is 0 Å². The van der Waals surface area contributed by atoms with Gasteiger partial charge in [0, 0.05) is 12.7 Å². The third kappa shape index (κ3) is 3.02. The number of carbonyl (C=O) groups is 1. The molecule has 0 bridgehead atoms. The van der Waals surface area contributed by atoms with Crippen molar-refractivity contribution in [2.24, 2.45) is 0 Å². The van der Waals surface area contributed by atoms with Crippen LogP contribution in [0.2, 0.25) is 0 Å². The molecule has 0 radical (unpaired) electrons. The van der Waals surface area contributed by atoms with Gasteiger partial charge < -0.3 is 19.4 Å². The summed E-state index contributed by atoms with van der Waals surface area (Å²) in [5.74, 6) is -0.0292. The van der Waals surface area contributed by atoms with E-state index in [-0.39, 0.29) is 5.82 Å². The number of rotatable bonds is 3. The molecular formula is C18H17FN2O3S. The minimum atomic E-state index is -0.600. The minimum absolute atomic E-state index is 0.351. The third-order valence-electron chi connectivity index (χ3n) is 4.21. The van der Waals surface area contributed by atoms with E-state index >= 15 is 0 Å². The van der Waals surface area contributed by atoms with Gasteiger partial charge in [0.05, 0.1) is 18.2 Å². The number of thiocarbonyl (C=S) groups is 1. The normalized spacial score (nSPS) is 17.5. The largest absolute Gasteiger partial charge is 0.466 e. The Balaban J connectivity index is 2.05. The maximum absolute atomic E-state index is 14.0. The number of halogens is 1. The lowest BCUT2D eigenvalue weighted by Gasteiger charge is -2.34. The zero-order valence-electron chi connectivity index (χ0n) is 14.0. The van der Waals surface area contributed by atoms with Crippen molar-refractivity contribution in [3.8, 4) is 11.3 Å². The first-order valence-corrected chi connectivity index (χ1v) is 8.02. The van der Waals surface area contributed by atoms with Crippen LogP contribution in [0.4, 0.5) is 4.39 Å². The van der Waals surface area contributed by atoms with Crippen molar-refractivity contribution >= 4 is 23.3 Å². The van der Waals surface area contributed by atoms with Gasteiger partial charge >= 0.3 is 5.97 Å². The van der Waals surface area contributed by atoms with E-state index in [9.17, 15) is 9.18 Å². The summed E-state index contributed by atoms with van der Waals surface area (Å²) < 4.78 is 24.7. The summed E-state index contributed by atoms with van der Waals surface area (Å²) in [6, 6.07) is 9.10. The zero-order valence-corrected chi connectivity index (χ0v) is 14.8. The Morgan fingerprint density at radius 3 is 2.72 bits per heavy atom. The van der Waals surface area contributed by atoms with Gasteiger partial charge in [0.2, 0.25) is 0 Å². The molecule has 1 aromatic heterocycles. The van der Waals surface area contributed by atoms with Gasteiger partial charge in [0.25, 0.3) is 0 Å². The van der Waals surface area contributed by atoms with E-state index in [0.717, 1.165) is 0 Å². The number of allylic oxidation sites excluding steroid dienone is 1. The van der Waals surface area contributed by atoms with E-state index in [0.29, 0.717) is 33.5 Å². The highest BCUT2D eigenvalue weighted by Gasteiger charge is 2.35. The maximum atomic E-state index is 14.0. The van der Waals surface area contributed by atoms with Crippen LogP contribution < -0.4 is 5.32 Å². The molecule has 1 N–H and O–H groups in total. The second-order valence-corrected chi connectivity index (χ2v) is 6.00. The number of nitrogens with one attached hydrogen (secondary N) is 1. The molecule has 5 nitrogen and oxygen atoms in total. The Bertz CT molecular complexity index is 875. The molecule has 0 saturated heterocycles. The summed E-state index contributed by atoms with van der Waals surface area (Å²) in [5, 5.41) is 3.53. The van der Waals surface area contributed by atoms with E-state index < -0.39 is 12.0 Å². The van der Waals surface area contributed by atoms with Crippen LogP contribution in [0.5, 0.6) is 0 Å². The molecule has 1 atom stereocenters. The van der Waals surface area contributed by atoms with Gasteiger partial charge in [0.15, 0.2) is 5.11 Å². The van der Waals surface area contributed by atoms with E-state index in [1.807, 2.05) is 0 Å². The molecule has 7 heteroatoms. The molecular weight excluding hydrogens is 343 g/mol. The van der Waals surface area contributed by atoms with Gasteiger partial charge in [-0.3, -0.25) is 0 Å². The molecule has 0 aliphatic carbocycles. The number of esters is 1. The molecule has 2 aromatic rings. The third-order valence-corrected chi connectivity index (χ3v) is 4.60. The summed E-state index contributed by atoms with van der Waals surface area (Å²) in [5.41, 5.74) is 1.42. The number of hydrogen-bond acceptors (Lipinski definition) is 4. The maximum Gasteiger partial charge on any atom is 0.338 e. The molecule has 3 rings (SSSR count). The number of ether oxygens (including phenoxy) is 1. The number of carbonyl (C=O) groups excluding carboxylic acids is 1. The molecule has 0 fully saturated rings. The van der Waals surface area contributed by atoms with Crippen molar-refractivity contribution in [2.75, 3.05) is 14.2 Å². The van der Waals surface area contributed by atoms with Gasteiger partial charge in [-0.25, -0.2) is 9.18 Å². The second kappa shape index (κ2) is 6.68. The van der Waals surface area contributed by atoms with Gasteiger partial charge in [-0.05, 0) is 43.4 Å². The summed E-state index contributed by atoms with van der Waals surface area (Å²) in [4.78, 5) is 13.9. The van der Waals surface area contributed by atoms with Gasteiger partial charge in [-0.1, -0.05) is 12.1 Å². The molecule has 130 valence electrons. The predicted molar refractivity (Wildman–Crippen MR) is 95.1 cm³/mol. The Hall–Kier alpha value is -2.67. The van der Waals surface area contributed by atoms with Crippen LogP contribution in [0, 0.1) is 5.82 Å². The highest BCUT2D eigenvalue weighted by atomic mass is 32.1. The highest BCUT2D eigenvalue weighted by Crippen LogP contribution is 2.34. The number of hydrogen-bond donors (Lipinski definition) is 1. The van der Waals surface area contributed by atoms with Crippen molar-refractivity contribution in [1.82, 2.24) is 10.2 Å². The quantitative estimate of drug-likeness (QED) is 0.669. The fraction of sp³-hybridized carbons (Fsp3) is 0.222. The van der Waals surface area contributed by atoms with E-state index in [4.69, 9.17) is 21.4 Å². The number of nitrogens with zero attached hydrogens (tertiary/aromatic N) is 1. The van der Waals surface area contributed by atoms with Crippen LogP contribution in [-0.2, 0) is 9.53 Å². The number of furan rings is 1. The lowest BCUT2D eigenvalue weighted by Crippen LogP contribution is -2.45. The van der Waals surface area contributed by atoms with Crippen LogP contribution in [0.3, 0.4) is 0 Å². The average molecular weight is 360 g/mol. The monoisotopic (exact) mass is 360 g/mol. The molecule has 1 aliphatic rings. The fourth-order valence-corrected chi connectivity index (χ4v) is 2.99. The van der Waals surface area contributed by atoms with Crippen molar-refractivity contribution in [1.29, 1.82) is 0 Å². The van der Waals surface area contributed by atoms with Gasteiger partial charge in [0.1, 0.15) is 23.4 Å². The molecule has 0 spiro atoms. The smallest absolute Gasteiger partial charge is 0.338 e. The second-order valence-electron chi connectivity index (χ2n) is 5.61. The predicted octanol–water partition coefficient (Wildman–Crippen LogP) is 3.39.